The number of sulfonamides is 1. The van der Waals surface area contributed by atoms with Crippen LogP contribution in [0.5, 0.6) is 0 Å². The Hall–Kier alpha value is -5.26. The van der Waals surface area contributed by atoms with Crippen molar-refractivity contribution in [3.63, 3.8) is 0 Å². The Morgan fingerprint density at radius 1 is 0.756 bits per heavy atom. The molecule has 0 atom stereocenters. The second-order valence-corrected chi connectivity index (χ2v) is 12.6. The first-order chi connectivity index (χ1) is 21.5. The average Bonchev–Trinajstić information content (AvgIpc) is 3.45. The summed E-state index contributed by atoms with van der Waals surface area (Å²) in [4.78, 5) is 25.0. The zero-order valence-corrected chi connectivity index (χ0v) is 25.9. The summed E-state index contributed by atoms with van der Waals surface area (Å²) in [7, 11) is -0.283. The summed E-state index contributed by atoms with van der Waals surface area (Å²) in [6, 6.07) is 28.6. The Balaban J connectivity index is 1.39. The van der Waals surface area contributed by atoms with Gasteiger partial charge >= 0.3 is 0 Å². The van der Waals surface area contributed by atoms with Gasteiger partial charge in [0.25, 0.3) is 21.6 Å². The first-order valence-corrected chi connectivity index (χ1v) is 15.7. The van der Waals surface area contributed by atoms with E-state index in [0.29, 0.717) is 0 Å². The number of carbonyl (C=O) groups excluding carboxylic acids is 1. The van der Waals surface area contributed by atoms with Gasteiger partial charge in [-0.3, -0.25) is 20.3 Å². The molecule has 0 aliphatic rings. The summed E-state index contributed by atoms with van der Waals surface area (Å²) in [5.41, 5.74) is 9.59. The van der Waals surface area contributed by atoms with Gasteiger partial charge in [-0.25, -0.2) is 8.42 Å². The number of carbonyl (C=O) groups is 1. The van der Waals surface area contributed by atoms with Gasteiger partial charge in [-0.15, -0.1) is 4.83 Å². The molecular formula is C34H31N5O5S. The summed E-state index contributed by atoms with van der Waals surface area (Å²) in [5, 5.41) is 13.6. The highest BCUT2D eigenvalue weighted by Gasteiger charge is 2.29. The molecule has 6 aromatic rings. The monoisotopic (exact) mass is 621 g/mol. The van der Waals surface area contributed by atoms with Gasteiger partial charge in [0.15, 0.2) is 4.90 Å². The molecule has 228 valence electrons. The summed E-state index contributed by atoms with van der Waals surface area (Å²) >= 11 is 0. The molecule has 0 fully saturated rings. The Morgan fingerprint density at radius 2 is 1.24 bits per heavy atom. The highest BCUT2D eigenvalue weighted by molar-refractivity contribution is 7.89. The largest absolute Gasteiger partial charge is 0.348 e. The first kappa shape index (κ1) is 29.8. The van der Waals surface area contributed by atoms with Crippen molar-refractivity contribution in [1.29, 1.82) is 0 Å². The van der Waals surface area contributed by atoms with Gasteiger partial charge in [-0.1, -0.05) is 60.7 Å². The second kappa shape index (κ2) is 11.3. The fourth-order valence-corrected chi connectivity index (χ4v) is 7.22. The molecule has 1 amide bonds. The highest BCUT2D eigenvalue weighted by Crippen LogP contribution is 2.44. The second-order valence-electron chi connectivity index (χ2n) is 11.0. The van der Waals surface area contributed by atoms with Crippen molar-refractivity contribution in [3.8, 4) is 0 Å². The van der Waals surface area contributed by atoms with E-state index in [0.717, 1.165) is 50.9 Å². The van der Waals surface area contributed by atoms with E-state index < -0.39 is 31.4 Å². The Bertz CT molecular complexity index is 2150. The lowest BCUT2D eigenvalue weighted by Crippen LogP contribution is -2.41. The average molecular weight is 622 g/mol. The Morgan fingerprint density at radius 3 is 1.78 bits per heavy atom. The van der Waals surface area contributed by atoms with Gasteiger partial charge in [0.1, 0.15) is 0 Å². The number of nitrogens with zero attached hydrogens (tertiary/aromatic N) is 3. The molecular weight excluding hydrogens is 590 g/mol. The minimum absolute atomic E-state index is 0.170. The van der Waals surface area contributed by atoms with Crippen molar-refractivity contribution >= 4 is 43.4 Å². The number of nitro groups is 1. The minimum atomic E-state index is -4.41. The van der Waals surface area contributed by atoms with Crippen LogP contribution in [0, 0.1) is 24.0 Å². The van der Waals surface area contributed by atoms with Gasteiger partial charge in [-0.05, 0) is 60.9 Å². The van der Waals surface area contributed by atoms with E-state index in [1.165, 1.54) is 23.3 Å². The van der Waals surface area contributed by atoms with Crippen LogP contribution in [-0.2, 0) is 24.1 Å². The number of amides is 1. The number of rotatable bonds is 8. The molecule has 0 spiro atoms. The molecule has 0 radical (unpaired) electrons. The van der Waals surface area contributed by atoms with E-state index in [1.54, 1.807) is 12.1 Å². The molecule has 2 aromatic heterocycles. The number of hydrogen-bond acceptors (Lipinski definition) is 5. The van der Waals surface area contributed by atoms with Crippen LogP contribution in [0.2, 0.25) is 0 Å². The molecule has 4 aromatic carbocycles. The fourth-order valence-electron chi connectivity index (χ4n) is 6.21. The van der Waals surface area contributed by atoms with Crippen molar-refractivity contribution in [2.24, 2.45) is 14.1 Å². The summed E-state index contributed by atoms with van der Waals surface area (Å²) in [6.45, 7) is 4.24. The quantitative estimate of drug-likeness (QED) is 0.159. The first-order valence-electron chi connectivity index (χ1n) is 14.2. The summed E-state index contributed by atoms with van der Waals surface area (Å²) in [5.74, 6) is -0.876. The third kappa shape index (κ3) is 5.05. The van der Waals surface area contributed by atoms with Crippen LogP contribution in [0.3, 0.4) is 0 Å². The molecule has 2 N–H and O–H groups in total. The number of hydrogen-bond donors (Lipinski definition) is 2. The van der Waals surface area contributed by atoms with Crippen LogP contribution >= 0.6 is 0 Å². The van der Waals surface area contributed by atoms with Gasteiger partial charge in [0, 0.05) is 64.8 Å². The third-order valence-corrected chi connectivity index (χ3v) is 9.93. The molecule has 0 aliphatic carbocycles. The zero-order chi connectivity index (χ0) is 32.0. The molecule has 0 bridgehead atoms. The normalized spacial score (nSPS) is 11.8. The lowest BCUT2D eigenvalue weighted by molar-refractivity contribution is -0.387. The number of nitrogens with one attached hydrogen (secondary N) is 2. The van der Waals surface area contributed by atoms with Crippen LogP contribution in [0.1, 0.15) is 44.4 Å². The summed E-state index contributed by atoms with van der Waals surface area (Å²) in [6.07, 6.45) is 0. The van der Waals surface area contributed by atoms with Gasteiger partial charge in [-0.2, -0.15) is 0 Å². The minimum Gasteiger partial charge on any atom is -0.348 e. The Kier molecular flexibility index (Phi) is 7.51. The van der Waals surface area contributed by atoms with E-state index in [-0.39, 0.29) is 11.5 Å². The SMILES string of the molecule is Cc1c(C(c2ccc(C(=O)NNS(=O)(=O)c3ccccc3[N+](=O)[O-])cc2)c2c(C)n(C)c3ccccc23)c2ccccc2n1C. The predicted octanol–water partition coefficient (Wildman–Crippen LogP) is 6.00. The smallest absolute Gasteiger partial charge is 0.289 e. The molecule has 0 aliphatic heterocycles. The number of hydrazine groups is 1. The zero-order valence-electron chi connectivity index (χ0n) is 25.1. The van der Waals surface area contributed by atoms with Crippen LogP contribution < -0.4 is 10.3 Å². The molecule has 0 saturated carbocycles. The van der Waals surface area contributed by atoms with Crippen molar-refractivity contribution in [2.45, 2.75) is 24.7 Å². The number of fused-ring (bicyclic) bond motifs is 2. The van der Waals surface area contributed by atoms with Crippen LogP contribution in [0.4, 0.5) is 5.69 Å². The van der Waals surface area contributed by atoms with Crippen molar-refractivity contribution in [2.75, 3.05) is 0 Å². The number of para-hydroxylation sites is 3. The highest BCUT2D eigenvalue weighted by atomic mass is 32.2. The molecule has 11 heteroatoms. The van der Waals surface area contributed by atoms with E-state index in [9.17, 15) is 23.3 Å². The molecule has 45 heavy (non-hydrogen) atoms. The van der Waals surface area contributed by atoms with Crippen LogP contribution in [0.25, 0.3) is 21.8 Å². The number of nitro benzene ring substituents is 1. The Labute approximate surface area is 260 Å². The lowest BCUT2D eigenvalue weighted by Gasteiger charge is -2.21. The van der Waals surface area contributed by atoms with Gasteiger partial charge < -0.3 is 9.13 Å². The maximum absolute atomic E-state index is 13.0. The molecule has 0 unspecified atom stereocenters. The topological polar surface area (TPSA) is 128 Å². The van der Waals surface area contributed by atoms with Crippen molar-refractivity contribution < 1.29 is 18.1 Å². The molecule has 0 saturated heterocycles. The lowest BCUT2D eigenvalue weighted by atomic mass is 9.82. The maximum atomic E-state index is 13.0. The van der Waals surface area contributed by atoms with Crippen LogP contribution in [0.15, 0.2) is 102 Å². The van der Waals surface area contributed by atoms with E-state index >= 15 is 0 Å². The van der Waals surface area contributed by atoms with Gasteiger partial charge in [0.2, 0.25) is 0 Å². The van der Waals surface area contributed by atoms with Crippen molar-refractivity contribution in [3.05, 3.63) is 141 Å². The molecule has 2 heterocycles. The number of benzene rings is 4. The molecule has 6 rings (SSSR count). The number of aromatic nitrogens is 2. The van der Waals surface area contributed by atoms with E-state index in [4.69, 9.17) is 0 Å². The van der Waals surface area contributed by atoms with Crippen molar-refractivity contribution in [1.82, 2.24) is 19.4 Å². The predicted molar refractivity (Wildman–Crippen MR) is 174 cm³/mol. The third-order valence-electron chi connectivity index (χ3n) is 8.63. The van der Waals surface area contributed by atoms with Gasteiger partial charge in [0.05, 0.1) is 4.92 Å². The maximum Gasteiger partial charge on any atom is 0.289 e. The van der Waals surface area contributed by atoms with Crippen LogP contribution in [-0.4, -0.2) is 28.4 Å². The van der Waals surface area contributed by atoms with E-state index in [1.807, 2.05) is 41.2 Å². The fraction of sp³-hybridized carbons (Fsp3) is 0.147. The summed E-state index contributed by atoms with van der Waals surface area (Å²) < 4.78 is 30.0. The molecule has 10 nitrogen and oxygen atoms in total. The standard InChI is InChI=1S/C34H31N5O5S/c1-21-31(25-11-5-7-13-27(25)37(21)3)33(32-22(2)38(4)28-14-8-6-12-26(28)32)23-17-19-24(20-18-23)34(40)35-36-45(43,44)30-16-10-9-15-29(30)39(41)42/h5-20,33,36H,1-4H3,(H,35,40). The number of aryl methyl sites for hydroxylation is 2. The van der Waals surface area contributed by atoms with E-state index in [2.05, 4.69) is 66.8 Å².